The average molecular weight is 462 g/mol. The van der Waals surface area contributed by atoms with Gasteiger partial charge in [0, 0.05) is 12.2 Å². The molecule has 4 rings (SSSR count). The van der Waals surface area contributed by atoms with Crippen molar-refractivity contribution in [2.45, 2.75) is 49.8 Å². The van der Waals surface area contributed by atoms with Crippen molar-refractivity contribution >= 4 is 28.6 Å². The maximum atomic E-state index is 12.4. The van der Waals surface area contributed by atoms with E-state index < -0.39 is 17.7 Å². The normalized spacial score (nSPS) is 12.5. The second-order valence-electron chi connectivity index (χ2n) is 8.72. The molecule has 0 unspecified atom stereocenters. The monoisotopic (exact) mass is 461 g/mol. The van der Waals surface area contributed by atoms with E-state index in [1.54, 1.807) is 0 Å². The predicted octanol–water partition coefficient (Wildman–Crippen LogP) is 6.32. The summed E-state index contributed by atoms with van der Waals surface area (Å²) in [4.78, 5) is 12.4. The van der Waals surface area contributed by atoms with Crippen molar-refractivity contribution < 1.29 is 13.9 Å². The van der Waals surface area contributed by atoms with Crippen molar-refractivity contribution in [1.82, 2.24) is 15.5 Å². The Hall–Kier alpha value is -3.32. The molecule has 0 aliphatic rings. The number of amides is 1. The molecule has 1 atom stereocenters. The zero-order chi connectivity index (χ0) is 23.3. The molecule has 1 aromatic heterocycles. The Morgan fingerprint density at radius 3 is 2.52 bits per heavy atom. The Morgan fingerprint density at radius 2 is 1.73 bits per heavy atom. The number of nitrogens with one attached hydrogen (secondary N) is 1. The van der Waals surface area contributed by atoms with E-state index in [1.165, 1.54) is 28.1 Å². The number of aromatic nitrogens is 2. The number of hydrogen-bond acceptors (Lipinski definition) is 6. The number of ether oxygens (including phenoxy) is 1. The lowest BCUT2D eigenvalue weighted by Gasteiger charge is -2.22. The van der Waals surface area contributed by atoms with Crippen LogP contribution in [0.1, 0.15) is 43.8 Å². The third-order valence-corrected chi connectivity index (χ3v) is 5.79. The summed E-state index contributed by atoms with van der Waals surface area (Å²) in [5.41, 5.74) is 1.64. The van der Waals surface area contributed by atoms with Gasteiger partial charge in [0.1, 0.15) is 11.6 Å². The van der Waals surface area contributed by atoms with Crippen LogP contribution in [0.3, 0.4) is 0 Å². The van der Waals surface area contributed by atoms with Crippen molar-refractivity contribution in [2.75, 3.05) is 0 Å². The molecular weight excluding hydrogens is 434 g/mol. The van der Waals surface area contributed by atoms with Crippen LogP contribution < -0.4 is 5.32 Å². The number of fused-ring (bicyclic) bond motifs is 1. The van der Waals surface area contributed by atoms with Crippen LogP contribution >= 0.6 is 11.8 Å². The molecule has 6 nitrogen and oxygen atoms in total. The van der Waals surface area contributed by atoms with Crippen LogP contribution in [0.25, 0.3) is 10.8 Å². The maximum Gasteiger partial charge on any atom is 0.408 e. The molecule has 0 saturated carbocycles. The van der Waals surface area contributed by atoms with E-state index in [9.17, 15) is 4.79 Å². The fraction of sp³-hybridized carbons (Fsp3) is 0.269. The van der Waals surface area contributed by atoms with E-state index >= 15 is 0 Å². The van der Waals surface area contributed by atoms with Crippen LogP contribution in [-0.2, 0) is 16.9 Å². The maximum absolute atomic E-state index is 12.4. The van der Waals surface area contributed by atoms with Gasteiger partial charge in [0.25, 0.3) is 5.22 Å². The summed E-state index contributed by atoms with van der Waals surface area (Å²) in [5, 5.41) is 14.2. The van der Waals surface area contributed by atoms with Crippen LogP contribution in [0.2, 0.25) is 0 Å². The number of hydrogen-bond donors (Lipinski definition) is 1. The third kappa shape index (κ3) is 6.35. The topological polar surface area (TPSA) is 77.2 Å². The van der Waals surface area contributed by atoms with Crippen LogP contribution in [-0.4, -0.2) is 21.9 Å². The van der Waals surface area contributed by atoms with Gasteiger partial charge in [-0.1, -0.05) is 84.6 Å². The molecule has 1 heterocycles. The molecule has 170 valence electrons. The van der Waals surface area contributed by atoms with E-state index in [1.807, 2.05) is 63.2 Å². The first kappa shape index (κ1) is 22.9. The van der Waals surface area contributed by atoms with Crippen molar-refractivity contribution in [3.63, 3.8) is 0 Å². The number of carbonyl (C=O) groups is 1. The minimum Gasteiger partial charge on any atom is -0.444 e. The Kier molecular flexibility index (Phi) is 6.99. The Bertz CT molecular complexity index is 1210. The van der Waals surface area contributed by atoms with E-state index in [4.69, 9.17) is 9.15 Å². The minimum atomic E-state index is -0.601. The molecule has 1 amide bonds. The quantitative estimate of drug-likeness (QED) is 0.324. The van der Waals surface area contributed by atoms with Crippen LogP contribution in [0.5, 0.6) is 0 Å². The van der Waals surface area contributed by atoms with Gasteiger partial charge in [-0.15, -0.1) is 10.2 Å². The van der Waals surface area contributed by atoms with Crippen LogP contribution in [0.4, 0.5) is 4.79 Å². The van der Waals surface area contributed by atoms with Gasteiger partial charge in [-0.3, -0.25) is 0 Å². The summed E-state index contributed by atoms with van der Waals surface area (Å²) in [6, 6.07) is 23.9. The Labute approximate surface area is 197 Å². The molecular formula is C26H27N3O3S. The number of alkyl carbamates (subject to hydrolysis) is 1. The number of thioether (sulfide) groups is 1. The molecule has 33 heavy (non-hydrogen) atoms. The summed E-state index contributed by atoms with van der Waals surface area (Å²) >= 11 is 1.48. The average Bonchev–Trinajstić information content (AvgIpc) is 3.26. The van der Waals surface area contributed by atoms with Crippen molar-refractivity contribution in [2.24, 2.45) is 0 Å². The third-order valence-electron chi connectivity index (χ3n) is 4.92. The van der Waals surface area contributed by atoms with Gasteiger partial charge in [-0.2, -0.15) is 0 Å². The molecule has 0 fully saturated rings. The van der Waals surface area contributed by atoms with Crippen molar-refractivity contribution in [3.8, 4) is 0 Å². The first-order chi connectivity index (χ1) is 15.9. The molecule has 0 aliphatic heterocycles. The molecule has 7 heteroatoms. The molecule has 0 bridgehead atoms. The first-order valence-corrected chi connectivity index (χ1v) is 11.8. The zero-order valence-corrected chi connectivity index (χ0v) is 19.8. The second kappa shape index (κ2) is 10.1. The summed E-state index contributed by atoms with van der Waals surface area (Å²) in [7, 11) is 0. The predicted molar refractivity (Wildman–Crippen MR) is 130 cm³/mol. The van der Waals surface area contributed by atoms with Gasteiger partial charge >= 0.3 is 6.09 Å². The summed E-state index contributed by atoms with van der Waals surface area (Å²) in [5.74, 6) is 1.05. The highest BCUT2D eigenvalue weighted by Gasteiger charge is 2.25. The number of nitrogens with zero attached hydrogens (tertiary/aromatic N) is 2. The van der Waals surface area contributed by atoms with Gasteiger partial charge < -0.3 is 14.5 Å². The van der Waals surface area contributed by atoms with Gasteiger partial charge in [0.15, 0.2) is 0 Å². The van der Waals surface area contributed by atoms with Crippen LogP contribution in [0.15, 0.2) is 82.4 Å². The Balaban J connectivity index is 1.49. The van der Waals surface area contributed by atoms with Gasteiger partial charge in [-0.25, -0.2) is 4.79 Å². The number of benzene rings is 3. The lowest BCUT2D eigenvalue weighted by molar-refractivity contribution is 0.0494. The molecule has 3 aromatic carbocycles. The van der Waals surface area contributed by atoms with E-state index in [0.717, 1.165) is 5.56 Å². The molecule has 0 radical (unpaired) electrons. The molecule has 0 aliphatic carbocycles. The molecule has 1 N–H and O–H groups in total. The lowest BCUT2D eigenvalue weighted by Crippen LogP contribution is -2.36. The standard InChI is InChI=1S/C26H27N3O3S/c1-26(2,3)32-24(30)27-22(16-18-10-5-4-6-11-18)23-28-29-25(31-23)33-17-20-14-9-13-19-12-7-8-15-21(19)20/h4-15,22H,16-17H2,1-3H3,(H,27,30)/t22-/m0/s1. The Morgan fingerprint density at radius 1 is 1.00 bits per heavy atom. The van der Waals surface area contributed by atoms with E-state index in [0.29, 0.717) is 23.3 Å². The van der Waals surface area contributed by atoms with Gasteiger partial charge in [0.2, 0.25) is 5.89 Å². The molecule has 0 saturated heterocycles. The van der Waals surface area contributed by atoms with Crippen molar-refractivity contribution in [3.05, 3.63) is 89.8 Å². The second-order valence-corrected chi connectivity index (χ2v) is 9.65. The van der Waals surface area contributed by atoms with E-state index in [2.05, 4.69) is 45.8 Å². The first-order valence-electron chi connectivity index (χ1n) is 10.8. The summed E-state index contributed by atoms with van der Waals surface area (Å²) < 4.78 is 11.4. The largest absolute Gasteiger partial charge is 0.444 e. The van der Waals surface area contributed by atoms with Crippen molar-refractivity contribution in [1.29, 1.82) is 0 Å². The minimum absolute atomic E-state index is 0.352. The molecule has 0 spiro atoms. The highest BCUT2D eigenvalue weighted by atomic mass is 32.2. The summed E-state index contributed by atoms with van der Waals surface area (Å²) in [6.07, 6.45) is -0.0120. The number of carbonyl (C=O) groups excluding carboxylic acids is 1. The zero-order valence-electron chi connectivity index (χ0n) is 18.9. The summed E-state index contributed by atoms with van der Waals surface area (Å²) in [6.45, 7) is 5.48. The van der Waals surface area contributed by atoms with E-state index in [-0.39, 0.29) is 0 Å². The van der Waals surface area contributed by atoms with Crippen LogP contribution in [0, 0.1) is 0 Å². The lowest BCUT2D eigenvalue weighted by atomic mass is 10.1. The van der Waals surface area contributed by atoms with Gasteiger partial charge in [-0.05, 0) is 42.7 Å². The fourth-order valence-electron chi connectivity index (χ4n) is 3.48. The molecule has 4 aromatic rings. The smallest absolute Gasteiger partial charge is 0.408 e. The highest BCUT2D eigenvalue weighted by Crippen LogP contribution is 2.28. The highest BCUT2D eigenvalue weighted by molar-refractivity contribution is 7.98. The SMILES string of the molecule is CC(C)(C)OC(=O)N[C@@H](Cc1ccccc1)c1nnc(SCc2cccc3ccccc23)o1. The van der Waals surface area contributed by atoms with Gasteiger partial charge in [0.05, 0.1) is 0 Å². The fourth-order valence-corrected chi connectivity index (χ4v) is 4.25. The number of rotatable bonds is 7.